The van der Waals surface area contributed by atoms with Gasteiger partial charge in [-0.3, -0.25) is 0 Å². The van der Waals surface area contributed by atoms with Crippen LogP contribution >= 0.6 is 0 Å². The second kappa shape index (κ2) is 22.7. The van der Waals surface area contributed by atoms with Crippen molar-refractivity contribution in [1.29, 1.82) is 0 Å². The maximum atomic E-state index is 4.13. The molecule has 0 bridgehead atoms. The Morgan fingerprint density at radius 1 is 0.821 bits per heavy atom. The highest BCUT2D eigenvalue weighted by Crippen LogP contribution is 2.23. The molecule has 2 rings (SSSR count). The lowest BCUT2D eigenvalue weighted by Crippen LogP contribution is -1.95. The van der Waals surface area contributed by atoms with Crippen LogP contribution in [-0.4, -0.2) is 0 Å². The quantitative estimate of drug-likeness (QED) is 0.465. The van der Waals surface area contributed by atoms with E-state index in [4.69, 9.17) is 0 Å². The van der Waals surface area contributed by atoms with Gasteiger partial charge in [-0.25, -0.2) is 0 Å². The minimum absolute atomic E-state index is 0.586. The summed E-state index contributed by atoms with van der Waals surface area (Å²) >= 11 is 0. The topological polar surface area (TPSA) is 0 Å². The van der Waals surface area contributed by atoms with Crippen LogP contribution in [-0.2, 0) is 0 Å². The fourth-order valence-corrected chi connectivity index (χ4v) is 1.83. The number of hydrogen-bond acceptors (Lipinski definition) is 0. The Bertz CT molecular complexity index is 582. The van der Waals surface area contributed by atoms with Crippen molar-refractivity contribution in [2.75, 3.05) is 0 Å². The number of rotatable bonds is 3. The monoisotopic (exact) mass is 380 g/mol. The van der Waals surface area contributed by atoms with E-state index < -0.39 is 0 Å². The molecule has 0 heterocycles. The summed E-state index contributed by atoms with van der Waals surface area (Å²) in [5.41, 5.74) is 5.16. The van der Waals surface area contributed by atoms with E-state index in [9.17, 15) is 0 Å². The van der Waals surface area contributed by atoms with Gasteiger partial charge in [-0.1, -0.05) is 112 Å². The second-order valence-corrected chi connectivity index (χ2v) is 6.17. The third-order valence-electron chi connectivity index (χ3n) is 3.57. The van der Waals surface area contributed by atoms with Crippen molar-refractivity contribution in [3.05, 3.63) is 103 Å². The lowest BCUT2D eigenvalue weighted by Gasteiger charge is -2.12. The van der Waals surface area contributed by atoms with Gasteiger partial charge in [-0.15, -0.1) is 13.2 Å². The van der Waals surface area contributed by atoms with E-state index in [1.54, 1.807) is 12.2 Å². The molecule has 1 atom stereocenters. The van der Waals surface area contributed by atoms with Crippen LogP contribution in [0.2, 0.25) is 0 Å². The van der Waals surface area contributed by atoms with Gasteiger partial charge in [0.05, 0.1) is 0 Å². The smallest absolute Gasteiger partial charge is 0.0193 e. The van der Waals surface area contributed by atoms with E-state index in [1.165, 1.54) is 22.3 Å². The van der Waals surface area contributed by atoms with Gasteiger partial charge in [0.15, 0.2) is 0 Å². The molecule has 0 fully saturated rings. The van der Waals surface area contributed by atoms with E-state index in [0.29, 0.717) is 5.92 Å². The molecule has 0 N–H and O–H groups in total. The average molecular weight is 381 g/mol. The van der Waals surface area contributed by atoms with Crippen molar-refractivity contribution in [3.63, 3.8) is 0 Å². The highest BCUT2D eigenvalue weighted by Gasteiger charge is 2.05. The molecule has 1 unspecified atom stereocenters. The largest absolute Gasteiger partial charge is 0.103 e. The molecule has 0 nitrogen and oxygen atoms in total. The Labute approximate surface area is 176 Å². The van der Waals surface area contributed by atoms with Crippen LogP contribution in [0.5, 0.6) is 0 Å². The number of allylic oxidation sites excluding steroid dienone is 3. The molecule has 0 aliphatic rings. The zero-order valence-corrected chi connectivity index (χ0v) is 19.8. The van der Waals surface area contributed by atoms with Crippen LogP contribution in [0, 0.1) is 19.8 Å². The van der Waals surface area contributed by atoms with E-state index in [2.05, 4.69) is 83.8 Å². The number of aryl methyl sites for hydroxylation is 2. The molecule has 28 heavy (non-hydrogen) atoms. The maximum absolute atomic E-state index is 4.13. The van der Waals surface area contributed by atoms with Crippen molar-refractivity contribution in [2.45, 2.75) is 61.8 Å². The Hall–Kier alpha value is -2.34. The Balaban J connectivity index is -0.000000350. The normalized spacial score (nSPS) is 9.14. The van der Waals surface area contributed by atoms with E-state index >= 15 is 0 Å². The van der Waals surface area contributed by atoms with Crippen LogP contribution in [0.1, 0.15) is 64.7 Å². The summed E-state index contributed by atoms with van der Waals surface area (Å²) < 4.78 is 0. The molecule has 0 amide bonds. The zero-order valence-electron chi connectivity index (χ0n) is 19.8. The molecule has 0 saturated carbocycles. The van der Waals surface area contributed by atoms with E-state index in [-0.39, 0.29) is 0 Å². The first kappa shape index (κ1) is 30.4. The van der Waals surface area contributed by atoms with Gasteiger partial charge in [-0.05, 0) is 51.2 Å². The van der Waals surface area contributed by atoms with Crippen molar-refractivity contribution >= 4 is 5.57 Å². The summed E-state index contributed by atoms with van der Waals surface area (Å²) in [7, 11) is 0. The van der Waals surface area contributed by atoms with Crippen LogP contribution < -0.4 is 0 Å². The summed E-state index contributed by atoms with van der Waals surface area (Å²) in [4.78, 5) is 0. The molecule has 0 radical (unpaired) electrons. The molecule has 0 aromatic heterocycles. The van der Waals surface area contributed by atoms with Crippen LogP contribution in [0.3, 0.4) is 0 Å². The van der Waals surface area contributed by atoms with Crippen LogP contribution in [0.25, 0.3) is 5.57 Å². The Morgan fingerprint density at radius 3 is 1.46 bits per heavy atom. The predicted octanol–water partition coefficient (Wildman–Crippen LogP) is 9.46. The fraction of sp³-hybridized carbons (Fsp3) is 0.357. The molecule has 0 spiro atoms. The van der Waals surface area contributed by atoms with Gasteiger partial charge in [0, 0.05) is 0 Å². The van der Waals surface area contributed by atoms with Crippen molar-refractivity contribution in [1.82, 2.24) is 0 Å². The summed E-state index contributed by atoms with van der Waals surface area (Å²) in [5, 5.41) is 0. The number of hydrogen-bond donors (Lipinski definition) is 0. The standard InChI is InChI=1S/C13H18.C7H8.2C3H6.C2H6/c1-5-11(3)12(4)13-8-6-10(2)7-9-13;1-7-5-3-2-4-6-7;2*1-3-2;1-2/h6-9,11H,4-5H2,1-3H3;2-6H,1H3;2*3H,1H2,2H3;1-2H3. The summed E-state index contributed by atoms with van der Waals surface area (Å²) in [6.45, 7) is 27.2. The van der Waals surface area contributed by atoms with Gasteiger partial charge >= 0.3 is 0 Å². The van der Waals surface area contributed by atoms with Crippen LogP contribution in [0.4, 0.5) is 0 Å². The van der Waals surface area contributed by atoms with Crippen LogP contribution in [0.15, 0.2) is 86.5 Å². The SMILES string of the molecule is C=C(c1ccc(C)cc1)C(C)CC.C=CC.C=CC.CC.Cc1ccccc1. The predicted molar refractivity (Wildman–Crippen MR) is 134 cm³/mol. The van der Waals surface area contributed by atoms with Crippen molar-refractivity contribution in [3.8, 4) is 0 Å². The lowest BCUT2D eigenvalue weighted by atomic mass is 9.93. The van der Waals surface area contributed by atoms with Gasteiger partial charge in [0.2, 0.25) is 0 Å². The zero-order chi connectivity index (χ0) is 22.4. The molecule has 2 aromatic rings. The fourth-order valence-electron chi connectivity index (χ4n) is 1.83. The first-order valence-electron chi connectivity index (χ1n) is 10.3. The van der Waals surface area contributed by atoms with Gasteiger partial charge in [0.25, 0.3) is 0 Å². The van der Waals surface area contributed by atoms with Crippen molar-refractivity contribution in [2.24, 2.45) is 5.92 Å². The molecule has 156 valence electrons. The van der Waals surface area contributed by atoms with Gasteiger partial charge < -0.3 is 0 Å². The summed E-state index contributed by atoms with van der Waals surface area (Å²) in [6.07, 6.45) is 4.66. The van der Waals surface area contributed by atoms with E-state index in [1.807, 2.05) is 45.9 Å². The first-order valence-corrected chi connectivity index (χ1v) is 10.3. The number of benzene rings is 2. The molecule has 2 aromatic carbocycles. The molecule has 0 aliphatic heterocycles. The average Bonchev–Trinajstić information content (AvgIpc) is 2.71. The Morgan fingerprint density at radius 2 is 1.18 bits per heavy atom. The minimum Gasteiger partial charge on any atom is -0.103 e. The van der Waals surface area contributed by atoms with Crippen molar-refractivity contribution < 1.29 is 0 Å². The highest BCUT2D eigenvalue weighted by molar-refractivity contribution is 5.65. The minimum atomic E-state index is 0.586. The van der Waals surface area contributed by atoms with Gasteiger partial charge in [0.1, 0.15) is 0 Å². The van der Waals surface area contributed by atoms with Gasteiger partial charge in [-0.2, -0.15) is 0 Å². The first-order chi connectivity index (χ1) is 13.4. The third-order valence-corrected chi connectivity index (χ3v) is 3.57. The molecule has 0 heteroatoms. The maximum Gasteiger partial charge on any atom is -0.0193 e. The molecular formula is C28H44. The Kier molecular flexibility index (Phi) is 24.6. The highest BCUT2D eigenvalue weighted by atomic mass is 14.1. The third kappa shape index (κ3) is 18.5. The molecule has 0 aliphatic carbocycles. The van der Waals surface area contributed by atoms with E-state index in [0.717, 1.165) is 6.42 Å². The molecule has 0 saturated heterocycles. The second-order valence-electron chi connectivity index (χ2n) is 6.17. The lowest BCUT2D eigenvalue weighted by molar-refractivity contribution is 0.719. The summed E-state index contributed by atoms with van der Waals surface area (Å²) in [6, 6.07) is 18.9. The summed E-state index contributed by atoms with van der Waals surface area (Å²) in [5.74, 6) is 0.586. The molecular weight excluding hydrogens is 336 g/mol.